The minimum Gasteiger partial charge on any atom is -0.326 e. The number of halogens is 4. The second-order valence-electron chi connectivity index (χ2n) is 4.02. The van der Waals surface area contributed by atoms with Crippen LogP contribution < -0.4 is 10.5 Å². The van der Waals surface area contributed by atoms with Crippen LogP contribution in [0.4, 0.5) is 13.2 Å². The lowest BCUT2D eigenvalue weighted by Crippen LogP contribution is -2.25. The van der Waals surface area contributed by atoms with Crippen LogP contribution in [-0.4, -0.2) is 21.1 Å². The van der Waals surface area contributed by atoms with Crippen molar-refractivity contribution in [2.75, 3.05) is 6.54 Å². The van der Waals surface area contributed by atoms with E-state index in [1.165, 1.54) is 17.4 Å². The van der Waals surface area contributed by atoms with E-state index in [4.69, 9.17) is 5.73 Å². The number of hydrogen-bond donors (Lipinski definition) is 2. The van der Waals surface area contributed by atoms with Gasteiger partial charge in [0.25, 0.3) is 0 Å². The zero-order chi connectivity index (χ0) is 15.4. The third-order valence-corrected chi connectivity index (χ3v) is 6.11. The normalized spacial score (nSPS) is 12.8. The Morgan fingerprint density at radius 3 is 2.50 bits per heavy atom. The maximum absolute atomic E-state index is 11.9. The molecule has 0 aromatic carbocycles. The summed E-state index contributed by atoms with van der Waals surface area (Å²) in [7, 11) is -3.72. The maximum Gasteiger partial charge on any atom is 0.389 e. The van der Waals surface area contributed by atoms with Crippen LogP contribution in [0.3, 0.4) is 0 Å². The first-order valence-electron chi connectivity index (χ1n) is 5.70. The average Bonchev–Trinajstić information content (AvgIpc) is 2.69. The summed E-state index contributed by atoms with van der Waals surface area (Å²) in [5.74, 6) is 0. The lowest BCUT2D eigenvalue weighted by molar-refractivity contribution is -0.135. The van der Waals surface area contributed by atoms with Crippen molar-refractivity contribution in [3.63, 3.8) is 0 Å². The van der Waals surface area contributed by atoms with E-state index in [0.717, 1.165) is 0 Å². The molecule has 0 radical (unpaired) electrons. The Morgan fingerprint density at radius 2 is 2.00 bits per heavy atom. The smallest absolute Gasteiger partial charge is 0.326 e. The van der Waals surface area contributed by atoms with E-state index in [0.29, 0.717) is 8.66 Å². The van der Waals surface area contributed by atoms with Crippen LogP contribution >= 0.6 is 27.3 Å². The summed E-state index contributed by atoms with van der Waals surface area (Å²) in [5.41, 5.74) is 5.42. The van der Waals surface area contributed by atoms with Gasteiger partial charge in [-0.25, -0.2) is 13.1 Å². The van der Waals surface area contributed by atoms with Crippen molar-refractivity contribution < 1.29 is 21.6 Å². The molecule has 0 bridgehead atoms. The molecule has 0 saturated heterocycles. The summed E-state index contributed by atoms with van der Waals surface area (Å²) in [6.45, 7) is 0.197. The number of rotatable bonds is 7. The van der Waals surface area contributed by atoms with Crippen molar-refractivity contribution in [2.45, 2.75) is 36.9 Å². The Balaban J connectivity index is 2.51. The predicted octanol–water partition coefficient (Wildman–Crippen LogP) is 2.98. The van der Waals surface area contributed by atoms with Crippen molar-refractivity contribution in [1.29, 1.82) is 0 Å². The highest BCUT2D eigenvalue weighted by atomic mass is 79.9. The lowest BCUT2D eigenvalue weighted by atomic mass is 10.2. The molecular weight excluding hydrogens is 381 g/mol. The molecule has 20 heavy (non-hydrogen) atoms. The molecule has 1 aromatic heterocycles. The van der Waals surface area contributed by atoms with Crippen molar-refractivity contribution in [2.24, 2.45) is 5.73 Å². The fourth-order valence-corrected chi connectivity index (χ4v) is 5.05. The Kier molecular flexibility index (Phi) is 6.45. The summed E-state index contributed by atoms with van der Waals surface area (Å²) >= 11 is 4.35. The first-order valence-corrected chi connectivity index (χ1v) is 8.79. The summed E-state index contributed by atoms with van der Waals surface area (Å²) in [6, 6.07) is 1.45. The zero-order valence-corrected chi connectivity index (χ0v) is 13.6. The Hall–Kier alpha value is -0.160. The molecule has 0 aliphatic rings. The fraction of sp³-hybridized carbons (Fsp3) is 0.600. The highest BCUT2D eigenvalue weighted by molar-refractivity contribution is 9.11. The van der Waals surface area contributed by atoms with E-state index in [1.807, 2.05) is 0 Å². The van der Waals surface area contributed by atoms with Gasteiger partial charge in [-0.05, 0) is 34.8 Å². The third-order valence-electron chi connectivity index (χ3n) is 2.38. The van der Waals surface area contributed by atoms with Gasteiger partial charge in [0, 0.05) is 24.4 Å². The summed E-state index contributed by atoms with van der Waals surface area (Å²) in [5, 5.41) is 0. The van der Waals surface area contributed by atoms with Crippen LogP contribution in [0.5, 0.6) is 0 Å². The number of sulfonamides is 1. The van der Waals surface area contributed by atoms with Gasteiger partial charge in [0.15, 0.2) is 0 Å². The van der Waals surface area contributed by atoms with E-state index in [1.54, 1.807) is 0 Å². The van der Waals surface area contributed by atoms with Gasteiger partial charge < -0.3 is 5.73 Å². The zero-order valence-electron chi connectivity index (χ0n) is 10.3. The molecule has 0 saturated carbocycles. The predicted molar refractivity (Wildman–Crippen MR) is 75.0 cm³/mol. The molecule has 10 heteroatoms. The number of unbranched alkanes of at least 4 members (excludes halogenated alkanes) is 1. The molecule has 4 nitrogen and oxygen atoms in total. The fourth-order valence-electron chi connectivity index (χ4n) is 1.42. The summed E-state index contributed by atoms with van der Waals surface area (Å²) in [4.78, 5) is 0.771. The van der Waals surface area contributed by atoms with Crippen LogP contribution in [0, 0.1) is 0 Å². The van der Waals surface area contributed by atoms with Gasteiger partial charge in [-0.1, -0.05) is 0 Å². The lowest BCUT2D eigenvalue weighted by Gasteiger charge is -2.07. The number of nitrogens with two attached hydrogens (primary N) is 1. The second kappa shape index (κ2) is 7.21. The van der Waals surface area contributed by atoms with E-state index in [-0.39, 0.29) is 30.8 Å². The van der Waals surface area contributed by atoms with Crippen molar-refractivity contribution in [3.05, 3.63) is 14.7 Å². The highest BCUT2D eigenvalue weighted by Crippen LogP contribution is 2.31. The topological polar surface area (TPSA) is 72.2 Å². The third kappa shape index (κ3) is 5.68. The number of thiophene rings is 1. The van der Waals surface area contributed by atoms with Gasteiger partial charge in [-0.15, -0.1) is 11.3 Å². The van der Waals surface area contributed by atoms with Crippen LogP contribution in [0.2, 0.25) is 0 Å². The Morgan fingerprint density at radius 1 is 1.35 bits per heavy atom. The van der Waals surface area contributed by atoms with E-state index >= 15 is 0 Å². The van der Waals surface area contributed by atoms with Gasteiger partial charge in [0.2, 0.25) is 10.0 Å². The molecule has 1 aromatic rings. The quantitative estimate of drug-likeness (QED) is 0.698. The van der Waals surface area contributed by atoms with Crippen LogP contribution in [0.25, 0.3) is 0 Å². The molecule has 1 rings (SSSR count). The summed E-state index contributed by atoms with van der Waals surface area (Å²) < 4.78 is 62.4. The first kappa shape index (κ1) is 17.9. The molecular formula is C10H14BrF3N2O2S2. The van der Waals surface area contributed by atoms with Crippen molar-refractivity contribution in [3.8, 4) is 0 Å². The van der Waals surface area contributed by atoms with Gasteiger partial charge in [0.1, 0.15) is 4.90 Å². The summed E-state index contributed by atoms with van der Waals surface area (Å²) in [6.07, 6.45) is -5.09. The molecule has 3 N–H and O–H groups in total. The van der Waals surface area contributed by atoms with Gasteiger partial charge in [-0.2, -0.15) is 13.2 Å². The SMILES string of the molecule is NCc1cc(S(=O)(=O)NCCCCC(F)(F)F)c(Br)s1. The highest BCUT2D eigenvalue weighted by Gasteiger charge is 2.26. The largest absolute Gasteiger partial charge is 0.389 e. The number of hydrogen-bond acceptors (Lipinski definition) is 4. The minimum atomic E-state index is -4.20. The Bertz CT molecular complexity index is 543. The van der Waals surface area contributed by atoms with E-state index in [9.17, 15) is 21.6 Å². The van der Waals surface area contributed by atoms with Crippen LogP contribution in [0.1, 0.15) is 24.1 Å². The van der Waals surface area contributed by atoms with E-state index < -0.39 is 22.6 Å². The van der Waals surface area contributed by atoms with Gasteiger partial charge in [-0.3, -0.25) is 0 Å². The molecule has 0 aliphatic carbocycles. The first-order chi connectivity index (χ1) is 9.15. The average molecular weight is 395 g/mol. The van der Waals surface area contributed by atoms with Crippen LogP contribution in [-0.2, 0) is 16.6 Å². The maximum atomic E-state index is 11.9. The molecule has 1 heterocycles. The number of alkyl halides is 3. The van der Waals surface area contributed by atoms with Crippen molar-refractivity contribution in [1.82, 2.24) is 4.72 Å². The molecule has 0 fully saturated rings. The molecule has 116 valence electrons. The molecule has 0 spiro atoms. The second-order valence-corrected chi connectivity index (χ2v) is 8.21. The number of nitrogens with one attached hydrogen (secondary N) is 1. The molecule has 0 aliphatic heterocycles. The van der Waals surface area contributed by atoms with Gasteiger partial charge in [0.05, 0.1) is 3.79 Å². The molecule has 0 unspecified atom stereocenters. The molecule has 0 atom stereocenters. The van der Waals surface area contributed by atoms with E-state index in [2.05, 4.69) is 20.7 Å². The Labute approximate surface area is 127 Å². The van der Waals surface area contributed by atoms with Gasteiger partial charge >= 0.3 is 6.18 Å². The van der Waals surface area contributed by atoms with Crippen molar-refractivity contribution >= 4 is 37.3 Å². The molecule has 0 amide bonds. The monoisotopic (exact) mass is 394 g/mol. The standard InChI is InChI=1S/C10H14BrF3N2O2S2/c11-9-8(5-7(6-15)19-9)20(17,18)16-4-2-1-3-10(12,13)14/h5,16H,1-4,6,15H2. The van der Waals surface area contributed by atoms with Crippen LogP contribution in [0.15, 0.2) is 14.7 Å². The minimum absolute atomic E-state index is 0.0291.